The van der Waals surface area contributed by atoms with Gasteiger partial charge in [-0.1, -0.05) is 0 Å². The Labute approximate surface area is 103 Å². The molecule has 1 aliphatic rings. The number of H-pyrrole nitrogens is 1. The molecule has 1 saturated carbocycles. The molecular formula is C11H13N3S2. The van der Waals surface area contributed by atoms with E-state index in [2.05, 4.69) is 32.4 Å². The van der Waals surface area contributed by atoms with Crippen molar-refractivity contribution in [3.05, 3.63) is 32.5 Å². The number of hydrogen-bond donors (Lipinski definition) is 1. The number of nitrogens with zero attached hydrogens (tertiary/aromatic N) is 2. The van der Waals surface area contributed by atoms with Gasteiger partial charge in [-0.3, -0.25) is 9.67 Å². The lowest BCUT2D eigenvalue weighted by Gasteiger charge is -2.05. The number of aromatic nitrogens is 3. The molecule has 0 saturated heterocycles. The predicted octanol–water partition coefficient (Wildman–Crippen LogP) is 3.24. The third-order valence-corrected chi connectivity index (χ3v) is 4.24. The Morgan fingerprint density at radius 3 is 3.00 bits per heavy atom. The smallest absolute Gasteiger partial charge is 0.195 e. The summed E-state index contributed by atoms with van der Waals surface area (Å²) in [4.78, 5) is 0. The normalized spacial score (nSPS) is 15.6. The van der Waals surface area contributed by atoms with Gasteiger partial charge in [-0.05, 0) is 53.9 Å². The standard InChI is InChI=1S/C11H13N3S2/c1-7-5-16-6-9(7)4-14-10(8-2-3-8)12-13-11(14)15/h5-6,8H,2-4H2,1H3,(H,13,15). The summed E-state index contributed by atoms with van der Waals surface area (Å²) < 4.78 is 2.88. The van der Waals surface area contributed by atoms with Crippen LogP contribution in [0.25, 0.3) is 0 Å². The lowest BCUT2D eigenvalue weighted by Crippen LogP contribution is -2.04. The second-order valence-electron chi connectivity index (χ2n) is 4.33. The van der Waals surface area contributed by atoms with Crippen molar-refractivity contribution in [1.82, 2.24) is 14.8 Å². The van der Waals surface area contributed by atoms with Gasteiger partial charge in [0.05, 0.1) is 6.54 Å². The zero-order chi connectivity index (χ0) is 11.1. The molecule has 0 aromatic carbocycles. The molecule has 0 amide bonds. The van der Waals surface area contributed by atoms with Crippen molar-refractivity contribution in [1.29, 1.82) is 0 Å². The van der Waals surface area contributed by atoms with Crippen LogP contribution in [0.4, 0.5) is 0 Å². The molecular weight excluding hydrogens is 238 g/mol. The van der Waals surface area contributed by atoms with E-state index in [1.165, 1.54) is 24.0 Å². The van der Waals surface area contributed by atoms with Crippen LogP contribution in [-0.4, -0.2) is 14.8 Å². The maximum Gasteiger partial charge on any atom is 0.195 e. The number of aryl methyl sites for hydroxylation is 1. The Balaban J connectivity index is 1.97. The third kappa shape index (κ3) is 1.74. The van der Waals surface area contributed by atoms with E-state index in [0.29, 0.717) is 5.92 Å². The molecule has 0 aliphatic heterocycles. The maximum atomic E-state index is 5.28. The Hall–Kier alpha value is -0.940. The van der Waals surface area contributed by atoms with Gasteiger partial charge in [-0.2, -0.15) is 16.4 Å². The largest absolute Gasteiger partial charge is 0.299 e. The highest BCUT2D eigenvalue weighted by Gasteiger charge is 2.29. The van der Waals surface area contributed by atoms with Crippen LogP contribution < -0.4 is 0 Å². The zero-order valence-electron chi connectivity index (χ0n) is 9.06. The zero-order valence-corrected chi connectivity index (χ0v) is 10.7. The van der Waals surface area contributed by atoms with E-state index >= 15 is 0 Å². The molecule has 0 bridgehead atoms. The van der Waals surface area contributed by atoms with Crippen molar-refractivity contribution in [3.8, 4) is 0 Å². The summed E-state index contributed by atoms with van der Waals surface area (Å²) in [7, 11) is 0. The molecule has 0 radical (unpaired) electrons. The van der Waals surface area contributed by atoms with Crippen LogP contribution in [0.1, 0.15) is 35.7 Å². The topological polar surface area (TPSA) is 33.6 Å². The van der Waals surface area contributed by atoms with Gasteiger partial charge in [0.15, 0.2) is 4.77 Å². The molecule has 2 aromatic rings. The van der Waals surface area contributed by atoms with Crippen molar-refractivity contribution in [2.45, 2.75) is 32.2 Å². The quantitative estimate of drug-likeness (QED) is 0.850. The maximum absolute atomic E-state index is 5.28. The van der Waals surface area contributed by atoms with Gasteiger partial charge >= 0.3 is 0 Å². The van der Waals surface area contributed by atoms with Crippen molar-refractivity contribution in [2.24, 2.45) is 0 Å². The van der Waals surface area contributed by atoms with Gasteiger partial charge in [0.1, 0.15) is 5.82 Å². The predicted molar refractivity (Wildman–Crippen MR) is 67.5 cm³/mol. The molecule has 1 N–H and O–H groups in total. The summed E-state index contributed by atoms with van der Waals surface area (Å²) in [5.41, 5.74) is 2.69. The van der Waals surface area contributed by atoms with E-state index in [4.69, 9.17) is 12.2 Å². The van der Waals surface area contributed by atoms with Gasteiger partial charge in [0.2, 0.25) is 0 Å². The number of hydrogen-bond acceptors (Lipinski definition) is 3. The lowest BCUT2D eigenvalue weighted by molar-refractivity contribution is 0.718. The van der Waals surface area contributed by atoms with Crippen molar-refractivity contribution in [2.75, 3.05) is 0 Å². The van der Waals surface area contributed by atoms with Crippen molar-refractivity contribution < 1.29 is 0 Å². The van der Waals surface area contributed by atoms with E-state index in [1.807, 2.05) is 0 Å². The molecule has 5 heteroatoms. The highest BCUT2D eigenvalue weighted by atomic mass is 32.1. The minimum atomic E-state index is 0.631. The molecule has 0 unspecified atom stereocenters. The van der Waals surface area contributed by atoms with Gasteiger partial charge < -0.3 is 0 Å². The molecule has 1 aliphatic carbocycles. The van der Waals surface area contributed by atoms with Gasteiger partial charge in [-0.25, -0.2) is 0 Å². The summed E-state index contributed by atoms with van der Waals surface area (Å²) in [6.45, 7) is 3.00. The minimum absolute atomic E-state index is 0.631. The van der Waals surface area contributed by atoms with Crippen molar-refractivity contribution in [3.63, 3.8) is 0 Å². The van der Waals surface area contributed by atoms with Crippen LogP contribution in [-0.2, 0) is 6.54 Å². The fourth-order valence-corrected chi connectivity index (χ4v) is 2.91. The average Bonchev–Trinajstić information content (AvgIpc) is 2.94. The fraction of sp³-hybridized carbons (Fsp3) is 0.455. The van der Waals surface area contributed by atoms with Gasteiger partial charge in [0.25, 0.3) is 0 Å². The molecule has 84 valence electrons. The van der Waals surface area contributed by atoms with Gasteiger partial charge in [0, 0.05) is 5.92 Å². The molecule has 0 atom stereocenters. The van der Waals surface area contributed by atoms with E-state index in [0.717, 1.165) is 17.1 Å². The number of rotatable bonds is 3. The van der Waals surface area contributed by atoms with Crippen LogP contribution in [0, 0.1) is 11.7 Å². The fourth-order valence-electron chi connectivity index (χ4n) is 1.86. The first-order valence-corrected chi connectivity index (χ1v) is 6.77. The summed E-state index contributed by atoms with van der Waals surface area (Å²) in [6.07, 6.45) is 2.50. The summed E-state index contributed by atoms with van der Waals surface area (Å²) in [5.74, 6) is 1.77. The number of thiophene rings is 1. The minimum Gasteiger partial charge on any atom is -0.299 e. The first-order chi connectivity index (χ1) is 7.75. The van der Waals surface area contributed by atoms with Crippen LogP contribution in [0.15, 0.2) is 10.8 Å². The van der Waals surface area contributed by atoms with Crippen LogP contribution in [0.2, 0.25) is 0 Å². The highest BCUT2D eigenvalue weighted by molar-refractivity contribution is 7.71. The molecule has 2 aromatic heterocycles. The Morgan fingerprint density at radius 1 is 1.56 bits per heavy atom. The summed E-state index contributed by atoms with van der Waals surface area (Å²) >= 11 is 7.03. The number of nitrogens with one attached hydrogen (secondary N) is 1. The van der Waals surface area contributed by atoms with Crippen LogP contribution >= 0.6 is 23.6 Å². The third-order valence-electron chi connectivity index (χ3n) is 3.02. The Bertz CT molecular complexity index is 560. The molecule has 3 rings (SSSR count). The van der Waals surface area contributed by atoms with E-state index in [9.17, 15) is 0 Å². The lowest BCUT2D eigenvalue weighted by atomic mass is 10.2. The van der Waals surface area contributed by atoms with Crippen LogP contribution in [0.3, 0.4) is 0 Å². The highest BCUT2D eigenvalue weighted by Crippen LogP contribution is 2.39. The summed E-state index contributed by atoms with van der Waals surface area (Å²) in [6, 6.07) is 0. The second-order valence-corrected chi connectivity index (χ2v) is 5.46. The molecule has 0 spiro atoms. The monoisotopic (exact) mass is 251 g/mol. The Morgan fingerprint density at radius 2 is 2.38 bits per heavy atom. The van der Waals surface area contributed by atoms with Gasteiger partial charge in [-0.15, -0.1) is 0 Å². The molecule has 2 heterocycles. The second kappa shape index (κ2) is 3.82. The molecule has 1 fully saturated rings. The van der Waals surface area contributed by atoms with E-state index in [1.54, 1.807) is 11.3 Å². The summed E-state index contributed by atoms with van der Waals surface area (Å²) in [5, 5.41) is 11.6. The van der Waals surface area contributed by atoms with Crippen LogP contribution in [0.5, 0.6) is 0 Å². The first kappa shape index (κ1) is 10.2. The van der Waals surface area contributed by atoms with E-state index in [-0.39, 0.29) is 0 Å². The SMILES string of the molecule is Cc1cscc1Cn1c(C2CC2)n[nH]c1=S. The van der Waals surface area contributed by atoms with Crippen molar-refractivity contribution >= 4 is 23.6 Å². The Kier molecular flexibility index (Phi) is 2.44. The molecule has 3 nitrogen and oxygen atoms in total. The van der Waals surface area contributed by atoms with E-state index < -0.39 is 0 Å². The molecule has 16 heavy (non-hydrogen) atoms. The first-order valence-electron chi connectivity index (χ1n) is 5.42. The number of aromatic amines is 1. The average molecular weight is 251 g/mol.